The number of nitrogens with one attached hydrogen (secondary N) is 1. The van der Waals surface area contributed by atoms with E-state index < -0.39 is 0 Å². The number of methoxy groups -OCH3 is 1. The molecule has 0 radical (unpaired) electrons. The van der Waals surface area contributed by atoms with Gasteiger partial charge in [-0.25, -0.2) is 0 Å². The maximum absolute atomic E-state index is 5.93. The molecule has 0 fully saturated rings. The summed E-state index contributed by atoms with van der Waals surface area (Å²) >= 11 is 1.71. The molecule has 2 rings (SSSR count). The van der Waals surface area contributed by atoms with Gasteiger partial charge in [-0.1, -0.05) is 19.9 Å². The molecule has 108 valence electrons. The Morgan fingerprint density at radius 1 is 1.25 bits per heavy atom. The van der Waals surface area contributed by atoms with E-state index in [1.165, 1.54) is 4.88 Å². The van der Waals surface area contributed by atoms with E-state index in [1.54, 1.807) is 18.4 Å². The molecule has 2 aromatic rings. The standard InChI is InChI=1S/C16H21NO2S/c1-12(2)17-10-13-9-14(18-3)6-7-16(13)19-11-15-5-4-8-20-15/h4-9,12,17H,10-11H2,1-3H3. The van der Waals surface area contributed by atoms with Gasteiger partial charge < -0.3 is 14.8 Å². The Kier molecular flexibility index (Phi) is 5.44. The van der Waals surface area contributed by atoms with Crippen LogP contribution in [-0.2, 0) is 13.2 Å². The van der Waals surface area contributed by atoms with Gasteiger partial charge in [0.25, 0.3) is 0 Å². The fourth-order valence-electron chi connectivity index (χ4n) is 1.82. The third kappa shape index (κ3) is 4.25. The maximum Gasteiger partial charge on any atom is 0.124 e. The van der Waals surface area contributed by atoms with E-state index >= 15 is 0 Å². The van der Waals surface area contributed by atoms with E-state index in [0.717, 1.165) is 23.6 Å². The minimum Gasteiger partial charge on any atom is -0.497 e. The molecular formula is C16H21NO2S. The average Bonchev–Trinajstić information content (AvgIpc) is 2.96. The van der Waals surface area contributed by atoms with E-state index in [0.29, 0.717) is 12.6 Å². The lowest BCUT2D eigenvalue weighted by atomic mass is 10.1. The first-order valence-electron chi connectivity index (χ1n) is 6.74. The van der Waals surface area contributed by atoms with Crippen molar-refractivity contribution in [2.75, 3.05) is 7.11 Å². The van der Waals surface area contributed by atoms with Crippen molar-refractivity contribution in [1.29, 1.82) is 0 Å². The van der Waals surface area contributed by atoms with Gasteiger partial charge in [0.2, 0.25) is 0 Å². The predicted octanol–water partition coefficient (Wildman–Crippen LogP) is 3.83. The normalized spacial score (nSPS) is 10.8. The molecule has 20 heavy (non-hydrogen) atoms. The second kappa shape index (κ2) is 7.31. The minimum absolute atomic E-state index is 0.436. The maximum atomic E-state index is 5.93. The van der Waals surface area contributed by atoms with Crippen LogP contribution in [0.4, 0.5) is 0 Å². The van der Waals surface area contributed by atoms with Crippen LogP contribution in [0, 0.1) is 0 Å². The van der Waals surface area contributed by atoms with Gasteiger partial charge in [0, 0.05) is 23.0 Å². The highest BCUT2D eigenvalue weighted by atomic mass is 32.1. The van der Waals surface area contributed by atoms with E-state index in [9.17, 15) is 0 Å². The molecule has 0 spiro atoms. The van der Waals surface area contributed by atoms with Crippen molar-refractivity contribution in [2.24, 2.45) is 0 Å². The zero-order chi connectivity index (χ0) is 14.4. The molecule has 0 unspecified atom stereocenters. The molecule has 0 bridgehead atoms. The molecule has 0 aliphatic rings. The second-order valence-electron chi connectivity index (χ2n) is 4.88. The first-order chi connectivity index (χ1) is 9.69. The van der Waals surface area contributed by atoms with Gasteiger partial charge in [0.05, 0.1) is 7.11 Å². The number of benzene rings is 1. The van der Waals surface area contributed by atoms with Crippen LogP contribution in [0.5, 0.6) is 11.5 Å². The molecule has 3 nitrogen and oxygen atoms in total. The topological polar surface area (TPSA) is 30.5 Å². The van der Waals surface area contributed by atoms with Crippen molar-refractivity contribution in [3.63, 3.8) is 0 Å². The third-order valence-corrected chi connectivity index (χ3v) is 3.77. The van der Waals surface area contributed by atoms with Gasteiger partial charge in [0.15, 0.2) is 0 Å². The minimum atomic E-state index is 0.436. The summed E-state index contributed by atoms with van der Waals surface area (Å²) in [5.41, 5.74) is 1.12. The zero-order valence-corrected chi connectivity index (χ0v) is 13.0. The van der Waals surface area contributed by atoms with Crippen LogP contribution in [0.25, 0.3) is 0 Å². The van der Waals surface area contributed by atoms with Gasteiger partial charge in [-0.3, -0.25) is 0 Å². The number of thiophene rings is 1. The van der Waals surface area contributed by atoms with Crippen molar-refractivity contribution in [3.8, 4) is 11.5 Å². The molecule has 0 saturated heterocycles. The van der Waals surface area contributed by atoms with Gasteiger partial charge in [-0.2, -0.15) is 0 Å². The van der Waals surface area contributed by atoms with Crippen molar-refractivity contribution in [3.05, 3.63) is 46.2 Å². The molecular weight excluding hydrogens is 270 g/mol. The molecule has 1 aromatic heterocycles. The Bertz CT molecular complexity index is 523. The Morgan fingerprint density at radius 3 is 2.75 bits per heavy atom. The van der Waals surface area contributed by atoms with Crippen molar-refractivity contribution in [1.82, 2.24) is 5.32 Å². The summed E-state index contributed by atoms with van der Waals surface area (Å²) < 4.78 is 11.2. The van der Waals surface area contributed by atoms with Gasteiger partial charge in [0.1, 0.15) is 18.1 Å². The Labute approximate surface area is 124 Å². The van der Waals surface area contributed by atoms with Crippen LogP contribution < -0.4 is 14.8 Å². The Morgan fingerprint density at radius 2 is 2.10 bits per heavy atom. The third-order valence-electron chi connectivity index (χ3n) is 2.92. The summed E-state index contributed by atoms with van der Waals surface area (Å²) in [6.45, 7) is 5.64. The lowest BCUT2D eigenvalue weighted by molar-refractivity contribution is 0.304. The van der Waals surface area contributed by atoms with Gasteiger partial charge in [-0.15, -0.1) is 11.3 Å². The SMILES string of the molecule is COc1ccc(OCc2cccs2)c(CNC(C)C)c1. The molecule has 4 heteroatoms. The second-order valence-corrected chi connectivity index (χ2v) is 5.91. The van der Waals surface area contributed by atoms with Crippen molar-refractivity contribution < 1.29 is 9.47 Å². The fraction of sp³-hybridized carbons (Fsp3) is 0.375. The summed E-state index contributed by atoms with van der Waals surface area (Å²) in [4.78, 5) is 1.23. The van der Waals surface area contributed by atoms with E-state index in [1.807, 2.05) is 24.3 Å². The fourth-order valence-corrected chi connectivity index (χ4v) is 2.44. The van der Waals surface area contributed by atoms with Gasteiger partial charge >= 0.3 is 0 Å². The highest BCUT2D eigenvalue weighted by molar-refractivity contribution is 7.09. The first kappa shape index (κ1) is 14.9. The van der Waals surface area contributed by atoms with Crippen LogP contribution >= 0.6 is 11.3 Å². The number of ether oxygens (including phenoxy) is 2. The van der Waals surface area contributed by atoms with Crippen LogP contribution in [0.1, 0.15) is 24.3 Å². The van der Waals surface area contributed by atoms with E-state index in [-0.39, 0.29) is 0 Å². The number of hydrogen-bond donors (Lipinski definition) is 1. The zero-order valence-electron chi connectivity index (χ0n) is 12.2. The summed E-state index contributed by atoms with van der Waals surface area (Å²) in [6.07, 6.45) is 0. The lowest BCUT2D eigenvalue weighted by Crippen LogP contribution is -2.22. The van der Waals surface area contributed by atoms with E-state index in [4.69, 9.17) is 9.47 Å². The lowest BCUT2D eigenvalue weighted by Gasteiger charge is -2.14. The smallest absolute Gasteiger partial charge is 0.124 e. The number of rotatable bonds is 7. The highest BCUT2D eigenvalue weighted by Crippen LogP contribution is 2.25. The van der Waals surface area contributed by atoms with E-state index in [2.05, 4.69) is 30.6 Å². The number of hydrogen-bond acceptors (Lipinski definition) is 4. The summed E-state index contributed by atoms with van der Waals surface area (Å²) in [5, 5.41) is 5.48. The molecule has 0 saturated carbocycles. The Balaban J connectivity index is 2.08. The molecule has 1 aromatic carbocycles. The van der Waals surface area contributed by atoms with Crippen LogP contribution in [0.2, 0.25) is 0 Å². The summed E-state index contributed by atoms with van der Waals surface area (Å²) in [5.74, 6) is 1.77. The quantitative estimate of drug-likeness (QED) is 0.841. The van der Waals surface area contributed by atoms with Crippen molar-refractivity contribution >= 4 is 11.3 Å². The Hall–Kier alpha value is -1.52. The van der Waals surface area contributed by atoms with Crippen molar-refractivity contribution in [2.45, 2.75) is 33.0 Å². The molecule has 0 amide bonds. The largest absolute Gasteiger partial charge is 0.497 e. The molecule has 0 atom stereocenters. The van der Waals surface area contributed by atoms with Gasteiger partial charge in [-0.05, 0) is 29.6 Å². The summed E-state index contributed by atoms with van der Waals surface area (Å²) in [7, 11) is 1.68. The molecule has 1 N–H and O–H groups in total. The summed E-state index contributed by atoms with van der Waals surface area (Å²) in [6, 6.07) is 10.5. The van der Waals surface area contributed by atoms with Crippen LogP contribution in [0.3, 0.4) is 0 Å². The molecule has 0 aliphatic carbocycles. The monoisotopic (exact) mass is 291 g/mol. The first-order valence-corrected chi connectivity index (χ1v) is 7.62. The predicted molar refractivity (Wildman–Crippen MR) is 83.6 cm³/mol. The van der Waals surface area contributed by atoms with Crippen LogP contribution in [0.15, 0.2) is 35.7 Å². The molecule has 0 aliphatic heterocycles. The highest BCUT2D eigenvalue weighted by Gasteiger charge is 2.07. The average molecular weight is 291 g/mol. The molecule has 1 heterocycles. The van der Waals surface area contributed by atoms with Crippen LogP contribution in [-0.4, -0.2) is 13.2 Å².